The van der Waals surface area contributed by atoms with E-state index in [-0.39, 0.29) is 41.3 Å². The van der Waals surface area contributed by atoms with Crippen molar-refractivity contribution in [3.8, 4) is 11.3 Å². The van der Waals surface area contributed by atoms with Gasteiger partial charge in [0.15, 0.2) is 6.10 Å². The molecule has 2 bridgehead atoms. The zero-order valence-corrected chi connectivity index (χ0v) is 27.6. The molecule has 0 radical (unpaired) electrons. The van der Waals surface area contributed by atoms with Gasteiger partial charge in [-0.25, -0.2) is 9.78 Å². The molecule has 1 aliphatic heterocycles. The molecule has 4 aliphatic carbocycles. The Balaban J connectivity index is 1.12. The molecule has 5 aliphatic rings. The predicted octanol–water partition coefficient (Wildman–Crippen LogP) is 7.74. The van der Waals surface area contributed by atoms with Gasteiger partial charge in [-0.3, -0.25) is 19.3 Å². The molecule has 7 unspecified atom stereocenters. The SMILES string of the molecule is CCCC(OC(=O)c1cc(-c2ccc(N3C(=O)C4C5C=CC(C6CC56)C4C3=O)cc2)nc2c(C)cc(Br)cc12)C(=O)c1ccccc1. The number of anilines is 1. The highest BCUT2D eigenvalue weighted by Crippen LogP contribution is 2.65. The molecule has 2 saturated carbocycles. The smallest absolute Gasteiger partial charge is 0.339 e. The number of carbonyl (C=O) groups is 4. The second-order valence-corrected chi connectivity index (χ2v) is 14.2. The molecular formula is C39H33BrN2O5. The average Bonchev–Trinajstić information content (AvgIpc) is 3.86. The third-order valence-corrected chi connectivity index (χ3v) is 11.0. The van der Waals surface area contributed by atoms with Crippen molar-refractivity contribution in [2.75, 3.05) is 4.90 Å². The normalized spacial score (nSPS) is 25.9. The molecular weight excluding hydrogens is 656 g/mol. The molecule has 8 heteroatoms. The quantitative estimate of drug-likeness (QED) is 0.0814. The summed E-state index contributed by atoms with van der Waals surface area (Å²) in [5.41, 5.74) is 4.11. The minimum atomic E-state index is -0.926. The second kappa shape index (κ2) is 11.4. The van der Waals surface area contributed by atoms with E-state index in [1.165, 1.54) is 4.90 Å². The monoisotopic (exact) mass is 688 g/mol. The van der Waals surface area contributed by atoms with Crippen LogP contribution in [0.15, 0.2) is 89.4 Å². The highest BCUT2D eigenvalue weighted by atomic mass is 79.9. The third-order valence-electron chi connectivity index (χ3n) is 10.5. The Bertz CT molecular complexity index is 1970. The molecule has 0 spiro atoms. The standard InChI is InChI=1S/C39H33BrN2O5/c1-3-7-32(36(43)22-8-5-4-6-9-22)47-39(46)30-19-31(41-35-20(2)16-23(40)17-29(30)35)21-10-12-24(13-11-21)42-37(44)33-25-14-15-26(28-18-27(25)28)34(33)38(42)45/h4-6,8-17,19,25-28,32-34H,3,7,18H2,1-2H3. The van der Waals surface area contributed by atoms with Crippen LogP contribution >= 0.6 is 15.9 Å². The first-order valence-electron chi connectivity index (χ1n) is 16.3. The van der Waals surface area contributed by atoms with Crippen LogP contribution in [0.2, 0.25) is 0 Å². The largest absolute Gasteiger partial charge is 0.450 e. The van der Waals surface area contributed by atoms with Crippen molar-refractivity contribution in [1.29, 1.82) is 0 Å². The number of ketones is 1. The number of aryl methyl sites for hydroxylation is 1. The molecule has 1 aromatic heterocycles. The number of Topliss-reactive ketones (excluding diaryl/α,β-unsaturated/α-hetero) is 1. The maximum atomic E-state index is 13.9. The van der Waals surface area contributed by atoms with Gasteiger partial charge in [-0.15, -0.1) is 0 Å². The number of carbonyl (C=O) groups excluding carboxylic acids is 4. The maximum absolute atomic E-state index is 13.9. The van der Waals surface area contributed by atoms with Gasteiger partial charge in [0.1, 0.15) is 0 Å². The lowest BCUT2D eigenvalue weighted by Gasteiger charge is -2.37. The number of halogens is 1. The minimum Gasteiger partial charge on any atom is -0.450 e. The number of ether oxygens (including phenoxy) is 1. The van der Waals surface area contributed by atoms with E-state index < -0.39 is 12.1 Å². The topological polar surface area (TPSA) is 93.6 Å². The number of allylic oxidation sites excluding steroid dienone is 2. The highest BCUT2D eigenvalue weighted by Gasteiger charge is 2.67. The molecule has 4 aromatic rings. The summed E-state index contributed by atoms with van der Waals surface area (Å²) >= 11 is 3.55. The molecule has 2 heterocycles. The molecule has 47 heavy (non-hydrogen) atoms. The van der Waals surface area contributed by atoms with Crippen LogP contribution in [0.4, 0.5) is 5.69 Å². The van der Waals surface area contributed by atoms with E-state index in [1.54, 1.807) is 42.5 Å². The summed E-state index contributed by atoms with van der Waals surface area (Å²) in [6, 6.07) is 21.6. The van der Waals surface area contributed by atoms with Crippen molar-refractivity contribution in [1.82, 2.24) is 4.98 Å². The molecule has 236 valence electrons. The summed E-state index contributed by atoms with van der Waals surface area (Å²) in [4.78, 5) is 60.8. The Morgan fingerprint density at radius 1 is 0.936 bits per heavy atom. The number of benzene rings is 3. The van der Waals surface area contributed by atoms with Gasteiger partial charge in [-0.05, 0) is 79.3 Å². The number of hydrogen-bond acceptors (Lipinski definition) is 6. The van der Waals surface area contributed by atoms with E-state index in [1.807, 2.05) is 44.2 Å². The molecule has 7 nitrogen and oxygen atoms in total. The van der Waals surface area contributed by atoms with Crippen molar-refractivity contribution in [3.63, 3.8) is 0 Å². The van der Waals surface area contributed by atoms with Gasteiger partial charge < -0.3 is 4.74 Å². The Kier molecular flexibility index (Phi) is 7.24. The molecule has 0 N–H and O–H groups in total. The third kappa shape index (κ3) is 4.87. The van der Waals surface area contributed by atoms with Gasteiger partial charge in [0.05, 0.1) is 34.3 Å². The minimum absolute atomic E-state index is 0.0980. The average molecular weight is 690 g/mol. The molecule has 3 fully saturated rings. The molecule has 9 rings (SSSR count). The number of nitrogens with zero attached hydrogens (tertiary/aromatic N) is 2. The van der Waals surface area contributed by atoms with Crippen LogP contribution in [0, 0.1) is 42.4 Å². The van der Waals surface area contributed by atoms with Crippen molar-refractivity contribution < 1.29 is 23.9 Å². The summed E-state index contributed by atoms with van der Waals surface area (Å²) in [7, 11) is 0. The summed E-state index contributed by atoms with van der Waals surface area (Å²) in [5, 5.41) is 0.613. The van der Waals surface area contributed by atoms with E-state index >= 15 is 0 Å². The van der Waals surface area contributed by atoms with E-state index in [0.717, 1.165) is 22.0 Å². The number of esters is 1. The number of fused-ring (bicyclic) bond motifs is 1. The second-order valence-electron chi connectivity index (χ2n) is 13.3. The van der Waals surface area contributed by atoms with Gasteiger partial charge in [0, 0.05) is 21.0 Å². The Morgan fingerprint density at radius 2 is 1.60 bits per heavy atom. The Hall–Kier alpha value is -4.43. The van der Waals surface area contributed by atoms with E-state index in [0.29, 0.717) is 58.1 Å². The molecule has 2 amide bonds. The number of aromatic nitrogens is 1. The van der Waals surface area contributed by atoms with Crippen molar-refractivity contribution in [2.45, 2.75) is 39.2 Å². The summed E-state index contributed by atoms with van der Waals surface area (Å²) < 4.78 is 6.74. The van der Waals surface area contributed by atoms with E-state index in [9.17, 15) is 19.2 Å². The van der Waals surface area contributed by atoms with Crippen LogP contribution in [0.1, 0.15) is 52.5 Å². The van der Waals surface area contributed by atoms with Crippen LogP contribution in [0.25, 0.3) is 22.2 Å². The zero-order chi connectivity index (χ0) is 32.6. The number of hydrogen-bond donors (Lipinski definition) is 0. The van der Waals surface area contributed by atoms with Crippen LogP contribution in [-0.2, 0) is 14.3 Å². The van der Waals surface area contributed by atoms with Crippen molar-refractivity contribution in [2.24, 2.45) is 35.5 Å². The molecule has 7 atom stereocenters. The number of imide groups is 1. The lowest BCUT2D eigenvalue weighted by Crippen LogP contribution is -2.40. The van der Waals surface area contributed by atoms with Gasteiger partial charge in [-0.2, -0.15) is 0 Å². The van der Waals surface area contributed by atoms with E-state index in [2.05, 4.69) is 28.1 Å². The van der Waals surface area contributed by atoms with Crippen molar-refractivity contribution in [3.05, 3.63) is 106 Å². The van der Waals surface area contributed by atoms with Gasteiger partial charge in [0.25, 0.3) is 0 Å². The lowest BCUT2D eigenvalue weighted by atomic mass is 9.63. The van der Waals surface area contributed by atoms with Gasteiger partial charge in [-0.1, -0.05) is 83.9 Å². The predicted molar refractivity (Wildman–Crippen MR) is 182 cm³/mol. The van der Waals surface area contributed by atoms with Crippen LogP contribution in [0.5, 0.6) is 0 Å². The van der Waals surface area contributed by atoms with E-state index in [4.69, 9.17) is 9.72 Å². The first-order valence-corrected chi connectivity index (χ1v) is 17.1. The fourth-order valence-corrected chi connectivity index (χ4v) is 8.82. The van der Waals surface area contributed by atoms with Crippen LogP contribution in [-0.4, -0.2) is 34.7 Å². The summed E-state index contributed by atoms with van der Waals surface area (Å²) in [5.74, 6) is -0.137. The highest BCUT2D eigenvalue weighted by molar-refractivity contribution is 9.10. The van der Waals surface area contributed by atoms with Crippen molar-refractivity contribution >= 4 is 56.1 Å². The Labute approximate surface area is 281 Å². The van der Waals surface area contributed by atoms with Crippen LogP contribution in [0.3, 0.4) is 0 Å². The molecule has 3 aromatic carbocycles. The zero-order valence-electron chi connectivity index (χ0n) is 26.1. The lowest BCUT2D eigenvalue weighted by molar-refractivity contribution is -0.124. The number of amides is 2. The maximum Gasteiger partial charge on any atom is 0.339 e. The molecule has 1 saturated heterocycles. The fraction of sp³-hybridized carbons (Fsp3) is 0.308. The summed E-state index contributed by atoms with van der Waals surface area (Å²) in [6.45, 7) is 3.88. The fourth-order valence-electron chi connectivity index (χ4n) is 8.25. The number of pyridine rings is 1. The summed E-state index contributed by atoms with van der Waals surface area (Å²) in [6.07, 6.45) is 5.61. The van der Waals surface area contributed by atoms with Crippen LogP contribution < -0.4 is 4.90 Å². The first-order chi connectivity index (χ1) is 22.7. The Morgan fingerprint density at radius 3 is 2.23 bits per heavy atom. The van der Waals surface area contributed by atoms with Gasteiger partial charge in [0.2, 0.25) is 17.6 Å². The number of rotatable bonds is 8. The first kappa shape index (κ1) is 29.9. The van der Waals surface area contributed by atoms with Gasteiger partial charge >= 0.3 is 5.97 Å².